The molecule has 0 N–H and O–H groups in total. The lowest BCUT2D eigenvalue weighted by molar-refractivity contribution is 0.944. The minimum Gasteiger partial charge on any atom is -0.233 e. The van der Waals surface area contributed by atoms with Crippen LogP contribution in [0, 0.1) is 0 Å². The second-order valence-corrected chi connectivity index (χ2v) is 5.29. The van der Waals surface area contributed by atoms with Crippen molar-refractivity contribution in [1.29, 1.82) is 0 Å². The molecule has 90 valence electrons. The van der Waals surface area contributed by atoms with Gasteiger partial charge >= 0.3 is 0 Å². The van der Waals surface area contributed by atoms with E-state index in [1.54, 1.807) is 11.3 Å². The average Bonchev–Trinajstić information content (AvgIpc) is 2.85. The van der Waals surface area contributed by atoms with Crippen molar-refractivity contribution in [2.75, 3.05) is 0 Å². The highest BCUT2D eigenvalue weighted by Crippen LogP contribution is 2.32. The number of aromatic nitrogens is 2. The highest BCUT2D eigenvalue weighted by molar-refractivity contribution is 7.17. The third kappa shape index (κ3) is 2.00. The van der Waals surface area contributed by atoms with Crippen LogP contribution < -0.4 is 0 Å². The van der Waals surface area contributed by atoms with Crippen molar-refractivity contribution in [1.82, 2.24) is 9.97 Å². The van der Waals surface area contributed by atoms with Gasteiger partial charge in [-0.2, -0.15) is 0 Å². The molecule has 2 aromatic heterocycles. The number of hydrogen-bond acceptors (Lipinski definition) is 3. The minimum atomic E-state index is 0.505. The number of halogens is 1. The van der Waals surface area contributed by atoms with Gasteiger partial charge in [0.25, 0.3) is 0 Å². The topological polar surface area (TPSA) is 25.8 Å². The third-order valence-corrected chi connectivity index (χ3v) is 3.97. The summed E-state index contributed by atoms with van der Waals surface area (Å²) in [4.78, 5) is 8.77. The molecule has 0 aliphatic rings. The van der Waals surface area contributed by atoms with Crippen molar-refractivity contribution in [2.24, 2.45) is 0 Å². The van der Waals surface area contributed by atoms with Crippen LogP contribution in [0.2, 0.25) is 5.15 Å². The number of hydrogen-bond donors (Lipinski definition) is 0. The van der Waals surface area contributed by atoms with Gasteiger partial charge in [0.1, 0.15) is 11.0 Å². The Morgan fingerprint density at radius 3 is 2.94 bits per heavy atom. The van der Waals surface area contributed by atoms with Crippen LogP contribution in [0.25, 0.3) is 21.3 Å². The van der Waals surface area contributed by atoms with E-state index in [1.807, 2.05) is 19.1 Å². The zero-order valence-electron chi connectivity index (χ0n) is 9.85. The zero-order chi connectivity index (χ0) is 12.5. The molecule has 18 heavy (non-hydrogen) atoms. The average molecular weight is 275 g/mol. The molecule has 0 aliphatic carbocycles. The molecule has 3 rings (SSSR count). The number of nitrogens with zero attached hydrogens (tertiary/aromatic N) is 2. The maximum absolute atomic E-state index is 6.06. The van der Waals surface area contributed by atoms with Crippen molar-refractivity contribution < 1.29 is 0 Å². The Labute approximate surface area is 114 Å². The molecule has 0 fully saturated rings. The summed E-state index contributed by atoms with van der Waals surface area (Å²) in [6, 6.07) is 10.2. The van der Waals surface area contributed by atoms with E-state index in [0.717, 1.165) is 23.5 Å². The van der Waals surface area contributed by atoms with E-state index < -0.39 is 0 Å². The maximum atomic E-state index is 6.06. The second-order valence-electron chi connectivity index (χ2n) is 3.99. The van der Waals surface area contributed by atoms with Crippen LogP contribution in [-0.2, 0) is 6.42 Å². The summed E-state index contributed by atoms with van der Waals surface area (Å²) in [7, 11) is 0. The number of aryl methyl sites for hydroxylation is 1. The van der Waals surface area contributed by atoms with E-state index in [9.17, 15) is 0 Å². The largest absolute Gasteiger partial charge is 0.233 e. The van der Waals surface area contributed by atoms with Crippen LogP contribution in [0.5, 0.6) is 0 Å². The lowest BCUT2D eigenvalue weighted by Gasteiger charge is -2.05. The number of fused-ring (bicyclic) bond motifs is 1. The Bertz CT molecular complexity index is 706. The molecule has 4 heteroatoms. The monoisotopic (exact) mass is 274 g/mol. The fraction of sp³-hybridized carbons (Fsp3) is 0.143. The summed E-state index contributed by atoms with van der Waals surface area (Å²) >= 11 is 7.78. The molecule has 2 nitrogen and oxygen atoms in total. The third-order valence-electron chi connectivity index (χ3n) is 2.81. The van der Waals surface area contributed by atoms with Crippen LogP contribution in [0.15, 0.2) is 35.7 Å². The van der Waals surface area contributed by atoms with E-state index in [-0.39, 0.29) is 0 Å². The van der Waals surface area contributed by atoms with Gasteiger partial charge in [-0.3, -0.25) is 0 Å². The SMILES string of the molecule is CCc1nc(Cl)cc(-c2cccc3ccsc23)n1. The van der Waals surface area contributed by atoms with Gasteiger partial charge in [-0.1, -0.05) is 36.7 Å². The van der Waals surface area contributed by atoms with E-state index in [1.165, 1.54) is 10.1 Å². The first-order chi connectivity index (χ1) is 8.78. The van der Waals surface area contributed by atoms with E-state index in [2.05, 4.69) is 33.5 Å². The fourth-order valence-electron chi connectivity index (χ4n) is 1.96. The van der Waals surface area contributed by atoms with Gasteiger partial charge in [0.15, 0.2) is 0 Å². The molecule has 1 aromatic carbocycles. The Morgan fingerprint density at radius 1 is 1.22 bits per heavy atom. The van der Waals surface area contributed by atoms with Gasteiger partial charge in [0.05, 0.1) is 5.69 Å². The molecule has 0 amide bonds. The zero-order valence-corrected chi connectivity index (χ0v) is 11.4. The first-order valence-electron chi connectivity index (χ1n) is 5.78. The fourth-order valence-corrected chi connectivity index (χ4v) is 3.08. The Kier molecular flexibility index (Phi) is 3.02. The Morgan fingerprint density at radius 2 is 2.11 bits per heavy atom. The molecule has 3 aromatic rings. The van der Waals surface area contributed by atoms with Crippen LogP contribution >= 0.6 is 22.9 Å². The molecular weight excluding hydrogens is 264 g/mol. The molecule has 0 atom stereocenters. The molecule has 0 saturated heterocycles. The van der Waals surface area contributed by atoms with Gasteiger partial charge in [-0.25, -0.2) is 9.97 Å². The van der Waals surface area contributed by atoms with E-state index in [0.29, 0.717) is 5.15 Å². The first-order valence-corrected chi connectivity index (χ1v) is 7.03. The second kappa shape index (κ2) is 4.67. The molecule has 0 aliphatic heterocycles. The summed E-state index contributed by atoms with van der Waals surface area (Å²) in [5.74, 6) is 0.783. The van der Waals surface area contributed by atoms with Crippen molar-refractivity contribution in [2.45, 2.75) is 13.3 Å². The summed E-state index contributed by atoms with van der Waals surface area (Å²) in [6.07, 6.45) is 0.786. The number of benzene rings is 1. The summed E-state index contributed by atoms with van der Waals surface area (Å²) < 4.78 is 1.24. The highest BCUT2D eigenvalue weighted by atomic mass is 35.5. The van der Waals surface area contributed by atoms with Gasteiger partial charge in [-0.15, -0.1) is 11.3 Å². The predicted molar refractivity (Wildman–Crippen MR) is 77.2 cm³/mol. The van der Waals surface area contributed by atoms with Gasteiger partial charge in [0.2, 0.25) is 0 Å². The summed E-state index contributed by atoms with van der Waals surface area (Å²) in [6.45, 7) is 2.03. The van der Waals surface area contributed by atoms with Crippen LogP contribution in [0.3, 0.4) is 0 Å². The van der Waals surface area contributed by atoms with Gasteiger partial charge in [-0.05, 0) is 16.8 Å². The van der Waals surface area contributed by atoms with Crippen LogP contribution in [0.1, 0.15) is 12.7 Å². The summed E-state index contributed by atoms with van der Waals surface area (Å²) in [5, 5.41) is 3.84. The van der Waals surface area contributed by atoms with E-state index >= 15 is 0 Å². The van der Waals surface area contributed by atoms with Gasteiger partial charge in [0, 0.05) is 22.8 Å². The normalized spacial score (nSPS) is 11.0. The quantitative estimate of drug-likeness (QED) is 0.640. The highest BCUT2D eigenvalue weighted by Gasteiger charge is 2.08. The van der Waals surface area contributed by atoms with Crippen LogP contribution in [0.4, 0.5) is 0 Å². The molecule has 0 bridgehead atoms. The number of rotatable bonds is 2. The van der Waals surface area contributed by atoms with Crippen LogP contribution in [-0.4, -0.2) is 9.97 Å². The van der Waals surface area contributed by atoms with Crippen molar-refractivity contribution in [3.63, 3.8) is 0 Å². The van der Waals surface area contributed by atoms with Crippen molar-refractivity contribution >= 4 is 33.0 Å². The predicted octanol–water partition coefficient (Wildman–Crippen LogP) is 4.57. The number of thiophene rings is 1. The van der Waals surface area contributed by atoms with E-state index in [4.69, 9.17) is 11.6 Å². The molecule has 0 radical (unpaired) electrons. The first kappa shape index (κ1) is 11.6. The molecule has 0 spiro atoms. The lowest BCUT2D eigenvalue weighted by Crippen LogP contribution is -1.95. The van der Waals surface area contributed by atoms with Gasteiger partial charge < -0.3 is 0 Å². The summed E-state index contributed by atoms with van der Waals surface area (Å²) in [5.41, 5.74) is 2.03. The minimum absolute atomic E-state index is 0.505. The van der Waals surface area contributed by atoms with Crippen molar-refractivity contribution in [3.05, 3.63) is 46.7 Å². The molecule has 0 saturated carbocycles. The molecule has 0 unspecified atom stereocenters. The maximum Gasteiger partial charge on any atom is 0.133 e. The Balaban J connectivity index is 2.25. The van der Waals surface area contributed by atoms with Crippen molar-refractivity contribution in [3.8, 4) is 11.3 Å². The standard InChI is InChI=1S/C14H11ClN2S/c1-2-13-16-11(8-12(15)17-13)10-5-3-4-9-6-7-18-14(9)10/h3-8H,2H2,1H3. The molecule has 2 heterocycles. The smallest absolute Gasteiger partial charge is 0.133 e. The Hall–Kier alpha value is -1.45. The lowest BCUT2D eigenvalue weighted by atomic mass is 10.1. The molecular formula is C14H11ClN2S.